The molecule has 0 aliphatic heterocycles. The molecule has 1 aliphatic rings. The Morgan fingerprint density at radius 1 is 1.28 bits per heavy atom. The second kappa shape index (κ2) is 6.00. The molecule has 0 spiro atoms. The number of carboxylic acids is 1. The molecule has 0 radical (unpaired) electrons. The summed E-state index contributed by atoms with van der Waals surface area (Å²) in [7, 11) is 0. The molecule has 98 valence electrons. The number of fused-ring (bicyclic) bond motifs is 1. The lowest BCUT2D eigenvalue weighted by atomic mass is 10.1. The second-order valence-corrected chi connectivity index (χ2v) is 5.66. The zero-order chi connectivity index (χ0) is 13.0. The lowest BCUT2D eigenvalue weighted by Crippen LogP contribution is -2.25. The van der Waals surface area contributed by atoms with Crippen molar-refractivity contribution in [2.75, 3.05) is 6.54 Å². The Hall–Kier alpha value is -1.36. The number of hydrogen-bond donors (Lipinski definition) is 2. The van der Waals surface area contributed by atoms with Crippen molar-refractivity contribution in [2.24, 2.45) is 0 Å². The van der Waals surface area contributed by atoms with Crippen LogP contribution in [0.4, 0.5) is 0 Å². The minimum absolute atomic E-state index is 0.0309. The van der Waals surface area contributed by atoms with Crippen molar-refractivity contribution in [3.63, 3.8) is 0 Å². The number of hydrogen-bond acceptors (Lipinski definition) is 3. The number of aryl methyl sites for hydroxylation is 2. The molecular weight excluding hydrogens is 250 g/mol. The van der Waals surface area contributed by atoms with Gasteiger partial charge in [-0.3, -0.25) is 9.59 Å². The van der Waals surface area contributed by atoms with E-state index in [1.165, 1.54) is 29.7 Å². The first kappa shape index (κ1) is 13.1. The predicted octanol–water partition coefficient (Wildman–Crippen LogP) is 2.22. The van der Waals surface area contributed by atoms with Gasteiger partial charge in [0.15, 0.2) is 0 Å². The molecule has 1 aromatic heterocycles. The molecule has 1 aliphatic carbocycles. The smallest absolute Gasteiger partial charge is 0.305 e. The number of carbonyl (C=O) groups is 2. The quantitative estimate of drug-likeness (QED) is 0.822. The highest BCUT2D eigenvalue weighted by molar-refractivity contribution is 7.14. The van der Waals surface area contributed by atoms with Gasteiger partial charge in [-0.15, -0.1) is 11.3 Å². The number of carboxylic acid groups (broad SMARTS) is 1. The first-order valence-electron chi connectivity index (χ1n) is 6.28. The fourth-order valence-electron chi connectivity index (χ4n) is 2.15. The summed E-state index contributed by atoms with van der Waals surface area (Å²) in [6.07, 6.45) is 5.77. The first-order valence-corrected chi connectivity index (χ1v) is 7.10. The molecule has 0 saturated heterocycles. The van der Waals surface area contributed by atoms with E-state index in [1.807, 2.05) is 6.07 Å². The molecule has 0 bridgehead atoms. The number of rotatable bonds is 4. The van der Waals surface area contributed by atoms with E-state index >= 15 is 0 Å². The van der Waals surface area contributed by atoms with Crippen LogP contribution in [0.25, 0.3) is 0 Å². The Balaban J connectivity index is 1.96. The third-order valence-corrected chi connectivity index (χ3v) is 4.33. The molecule has 1 aromatic rings. The van der Waals surface area contributed by atoms with Gasteiger partial charge in [0, 0.05) is 11.4 Å². The van der Waals surface area contributed by atoms with Gasteiger partial charge in [0.25, 0.3) is 5.91 Å². The molecule has 4 nitrogen and oxygen atoms in total. The van der Waals surface area contributed by atoms with Gasteiger partial charge in [-0.25, -0.2) is 0 Å². The van der Waals surface area contributed by atoms with Crippen LogP contribution in [0.15, 0.2) is 6.07 Å². The third kappa shape index (κ3) is 3.32. The second-order valence-electron chi connectivity index (χ2n) is 4.52. The van der Waals surface area contributed by atoms with E-state index < -0.39 is 5.97 Å². The van der Waals surface area contributed by atoms with Crippen molar-refractivity contribution in [3.8, 4) is 0 Å². The monoisotopic (exact) mass is 267 g/mol. The largest absolute Gasteiger partial charge is 0.481 e. The predicted molar refractivity (Wildman–Crippen MR) is 70.2 cm³/mol. The Labute approximate surface area is 110 Å². The van der Waals surface area contributed by atoms with Crippen LogP contribution in [0.1, 0.15) is 45.8 Å². The number of thiophene rings is 1. The van der Waals surface area contributed by atoms with Crippen molar-refractivity contribution < 1.29 is 14.7 Å². The summed E-state index contributed by atoms with van der Waals surface area (Å²) in [6, 6.07) is 1.97. The molecular formula is C13H17NO3S. The maximum absolute atomic E-state index is 11.8. The van der Waals surface area contributed by atoms with Crippen LogP contribution in [-0.4, -0.2) is 23.5 Å². The van der Waals surface area contributed by atoms with Crippen LogP contribution < -0.4 is 5.32 Å². The molecule has 0 saturated carbocycles. The maximum atomic E-state index is 11.8. The van der Waals surface area contributed by atoms with Gasteiger partial charge in [-0.05, 0) is 37.3 Å². The summed E-state index contributed by atoms with van der Waals surface area (Å²) in [4.78, 5) is 24.2. The van der Waals surface area contributed by atoms with E-state index in [0.29, 0.717) is 4.88 Å². The summed E-state index contributed by atoms with van der Waals surface area (Å²) >= 11 is 1.56. The minimum atomic E-state index is -0.891. The van der Waals surface area contributed by atoms with Gasteiger partial charge in [0.05, 0.1) is 11.3 Å². The van der Waals surface area contributed by atoms with Crippen LogP contribution in [0.5, 0.6) is 0 Å². The van der Waals surface area contributed by atoms with Crippen LogP contribution in [-0.2, 0) is 17.6 Å². The minimum Gasteiger partial charge on any atom is -0.481 e. The molecule has 0 atom stereocenters. The Kier molecular flexibility index (Phi) is 4.36. The number of nitrogens with one attached hydrogen (secondary N) is 1. The SMILES string of the molecule is O=C(O)CCNC(=O)c1cc2c(s1)CCCCC2. The van der Waals surface area contributed by atoms with Gasteiger partial charge >= 0.3 is 5.97 Å². The zero-order valence-corrected chi connectivity index (χ0v) is 11.0. The molecule has 2 N–H and O–H groups in total. The van der Waals surface area contributed by atoms with Crippen LogP contribution in [0, 0.1) is 0 Å². The van der Waals surface area contributed by atoms with Gasteiger partial charge < -0.3 is 10.4 Å². The van der Waals surface area contributed by atoms with E-state index in [1.54, 1.807) is 11.3 Å². The van der Waals surface area contributed by atoms with Gasteiger partial charge in [0.2, 0.25) is 0 Å². The average Bonchev–Trinajstić information content (AvgIpc) is 2.60. The van der Waals surface area contributed by atoms with Crippen LogP contribution in [0.2, 0.25) is 0 Å². The summed E-state index contributed by atoms with van der Waals surface area (Å²) in [5, 5.41) is 11.2. The van der Waals surface area contributed by atoms with Crippen molar-refractivity contribution in [1.82, 2.24) is 5.32 Å². The number of amides is 1. The molecule has 0 unspecified atom stereocenters. The lowest BCUT2D eigenvalue weighted by molar-refractivity contribution is -0.136. The zero-order valence-electron chi connectivity index (χ0n) is 10.2. The van der Waals surface area contributed by atoms with Crippen molar-refractivity contribution in [3.05, 3.63) is 21.4 Å². The fourth-order valence-corrected chi connectivity index (χ4v) is 3.32. The summed E-state index contributed by atoms with van der Waals surface area (Å²) in [6.45, 7) is 0.191. The molecule has 0 fully saturated rings. The van der Waals surface area contributed by atoms with E-state index in [2.05, 4.69) is 5.32 Å². The molecule has 2 rings (SSSR count). The third-order valence-electron chi connectivity index (χ3n) is 3.09. The Bertz CT molecular complexity index is 430. The fraction of sp³-hybridized carbons (Fsp3) is 0.538. The van der Waals surface area contributed by atoms with E-state index in [4.69, 9.17) is 5.11 Å². The Morgan fingerprint density at radius 3 is 2.83 bits per heavy atom. The highest BCUT2D eigenvalue weighted by Crippen LogP contribution is 2.28. The Morgan fingerprint density at radius 2 is 2.06 bits per heavy atom. The van der Waals surface area contributed by atoms with Crippen molar-refractivity contribution >= 4 is 23.2 Å². The van der Waals surface area contributed by atoms with Gasteiger partial charge in [-0.2, -0.15) is 0 Å². The molecule has 5 heteroatoms. The molecule has 0 aromatic carbocycles. The highest BCUT2D eigenvalue weighted by atomic mass is 32.1. The normalized spacial score (nSPS) is 14.7. The topological polar surface area (TPSA) is 66.4 Å². The summed E-state index contributed by atoms with van der Waals surface area (Å²) < 4.78 is 0. The van der Waals surface area contributed by atoms with E-state index in [0.717, 1.165) is 12.8 Å². The van der Waals surface area contributed by atoms with Crippen LogP contribution >= 0.6 is 11.3 Å². The van der Waals surface area contributed by atoms with Crippen LogP contribution in [0.3, 0.4) is 0 Å². The average molecular weight is 267 g/mol. The number of carbonyl (C=O) groups excluding carboxylic acids is 1. The van der Waals surface area contributed by atoms with Crippen molar-refractivity contribution in [2.45, 2.75) is 38.5 Å². The molecule has 18 heavy (non-hydrogen) atoms. The molecule has 1 heterocycles. The van der Waals surface area contributed by atoms with E-state index in [-0.39, 0.29) is 18.9 Å². The standard InChI is InChI=1S/C13H17NO3S/c15-12(16)6-7-14-13(17)11-8-9-4-2-1-3-5-10(9)18-11/h8H,1-7H2,(H,14,17)(H,15,16). The number of aliphatic carboxylic acids is 1. The van der Waals surface area contributed by atoms with Gasteiger partial charge in [-0.1, -0.05) is 6.42 Å². The van der Waals surface area contributed by atoms with Gasteiger partial charge in [0.1, 0.15) is 0 Å². The lowest BCUT2D eigenvalue weighted by Gasteiger charge is -2.00. The highest BCUT2D eigenvalue weighted by Gasteiger charge is 2.16. The molecule has 1 amide bonds. The summed E-state index contributed by atoms with van der Waals surface area (Å²) in [5.41, 5.74) is 1.31. The summed E-state index contributed by atoms with van der Waals surface area (Å²) in [5.74, 6) is -1.04. The maximum Gasteiger partial charge on any atom is 0.305 e. The first-order chi connectivity index (χ1) is 8.66. The van der Waals surface area contributed by atoms with Crippen molar-refractivity contribution in [1.29, 1.82) is 0 Å². The van der Waals surface area contributed by atoms with E-state index in [9.17, 15) is 9.59 Å².